The molecule has 0 saturated heterocycles. The molecule has 0 bridgehead atoms. The summed E-state index contributed by atoms with van der Waals surface area (Å²) in [5.41, 5.74) is 6.76. The van der Waals surface area contributed by atoms with E-state index >= 15 is 0 Å². The Bertz CT molecular complexity index is 655. The van der Waals surface area contributed by atoms with Crippen molar-refractivity contribution in [2.45, 2.75) is 53.4 Å². The molecule has 0 fully saturated rings. The van der Waals surface area contributed by atoms with Gasteiger partial charge in [-0.1, -0.05) is 45.9 Å². The van der Waals surface area contributed by atoms with Crippen LogP contribution in [0.1, 0.15) is 52.5 Å². The Kier molecular flexibility index (Phi) is 12.2. The minimum Gasteiger partial charge on any atom is -0.493 e. The molecule has 0 radical (unpaired) electrons. The molecule has 2 N–H and O–H groups in total. The number of carbonyl (C=O) groups excluding carboxylic acids is 1. The van der Waals surface area contributed by atoms with Crippen LogP contribution in [-0.4, -0.2) is 33.3 Å². The van der Waals surface area contributed by atoms with E-state index in [0.717, 1.165) is 30.8 Å². The molecule has 0 heterocycles. The largest absolute Gasteiger partial charge is 0.493 e. The number of methoxy groups -OCH3 is 2. The molecule has 5 nitrogen and oxygen atoms in total. The van der Waals surface area contributed by atoms with Crippen molar-refractivity contribution in [3.8, 4) is 11.5 Å². The highest BCUT2D eigenvalue weighted by atomic mass is 16.5. The van der Waals surface area contributed by atoms with E-state index in [0.29, 0.717) is 31.5 Å². The Hall–Kier alpha value is -2.01. The average molecular weight is 420 g/mol. The molecule has 0 aromatic heterocycles. The van der Waals surface area contributed by atoms with Crippen molar-refractivity contribution in [1.29, 1.82) is 0 Å². The lowest BCUT2D eigenvalue weighted by Gasteiger charge is -2.21. The first-order valence-corrected chi connectivity index (χ1v) is 11.0. The zero-order valence-corrected chi connectivity index (χ0v) is 19.6. The molecule has 0 aliphatic heterocycles. The fourth-order valence-corrected chi connectivity index (χ4v) is 3.47. The highest BCUT2D eigenvalue weighted by molar-refractivity contribution is 5.77. The third-order valence-corrected chi connectivity index (χ3v) is 5.58. The van der Waals surface area contributed by atoms with E-state index in [1.54, 1.807) is 14.2 Å². The van der Waals surface area contributed by atoms with Gasteiger partial charge >= 0.3 is 0 Å². The molecule has 5 heteroatoms. The van der Waals surface area contributed by atoms with Crippen molar-refractivity contribution in [3.63, 3.8) is 0 Å². The fraction of sp³-hybridized carbons (Fsp3) is 0.640. The van der Waals surface area contributed by atoms with Crippen LogP contribution in [0.15, 0.2) is 30.4 Å². The third-order valence-electron chi connectivity index (χ3n) is 5.58. The number of amides is 1. The van der Waals surface area contributed by atoms with E-state index in [1.165, 1.54) is 5.56 Å². The van der Waals surface area contributed by atoms with Crippen LogP contribution in [0.3, 0.4) is 0 Å². The number of hydrogen-bond acceptors (Lipinski definition) is 4. The van der Waals surface area contributed by atoms with Crippen LogP contribution in [0.5, 0.6) is 11.5 Å². The first-order chi connectivity index (χ1) is 14.3. The molecule has 1 aromatic rings. The van der Waals surface area contributed by atoms with Gasteiger partial charge in [0.05, 0.1) is 13.7 Å². The van der Waals surface area contributed by atoms with E-state index in [9.17, 15) is 4.79 Å². The molecule has 0 aliphatic carbocycles. The van der Waals surface area contributed by atoms with Gasteiger partial charge in [-0.25, -0.2) is 0 Å². The second kappa shape index (κ2) is 14.1. The van der Waals surface area contributed by atoms with E-state index < -0.39 is 0 Å². The van der Waals surface area contributed by atoms with E-state index in [2.05, 4.69) is 38.1 Å². The minimum atomic E-state index is -0.216. The maximum atomic E-state index is 11.6. The van der Waals surface area contributed by atoms with Gasteiger partial charge in [0.25, 0.3) is 0 Å². The van der Waals surface area contributed by atoms with Gasteiger partial charge in [0.1, 0.15) is 0 Å². The highest BCUT2D eigenvalue weighted by Gasteiger charge is 2.18. The van der Waals surface area contributed by atoms with Gasteiger partial charge in [0, 0.05) is 26.1 Å². The monoisotopic (exact) mass is 419 g/mol. The summed E-state index contributed by atoms with van der Waals surface area (Å²) in [6.45, 7) is 9.87. The van der Waals surface area contributed by atoms with Crippen LogP contribution in [0, 0.1) is 23.7 Å². The number of rotatable bonds is 15. The Morgan fingerprint density at radius 1 is 1.00 bits per heavy atom. The van der Waals surface area contributed by atoms with Crippen LogP contribution >= 0.6 is 0 Å². The average Bonchev–Trinajstić information content (AvgIpc) is 2.69. The first-order valence-electron chi connectivity index (χ1n) is 11.0. The molecular weight excluding hydrogens is 378 g/mol. The Balaban J connectivity index is 2.75. The summed E-state index contributed by atoms with van der Waals surface area (Å²) >= 11 is 0. The third kappa shape index (κ3) is 9.21. The van der Waals surface area contributed by atoms with Crippen LogP contribution in [-0.2, 0) is 16.0 Å². The second-order valence-corrected chi connectivity index (χ2v) is 8.58. The summed E-state index contributed by atoms with van der Waals surface area (Å²) in [5, 5.41) is 0. The first kappa shape index (κ1) is 26.0. The van der Waals surface area contributed by atoms with E-state index in [4.69, 9.17) is 19.9 Å². The zero-order valence-electron chi connectivity index (χ0n) is 19.6. The summed E-state index contributed by atoms with van der Waals surface area (Å²) in [6, 6.07) is 6.18. The standard InChI is InChI=1S/C25H41NO4/c1-18(2)21(10-7-8-11-22(19(3)4)25(26)27)16-20-12-13-23(29-6)24(17-20)30-15-9-14-28-5/h7-8,12-13,17-19,21-22H,9-11,14-16H2,1-6H3,(H2,26,27)/b8-7+/t21-,22+/m1/s1. The van der Waals surface area contributed by atoms with Crippen molar-refractivity contribution in [3.05, 3.63) is 35.9 Å². The van der Waals surface area contributed by atoms with Crippen molar-refractivity contribution in [2.24, 2.45) is 29.4 Å². The van der Waals surface area contributed by atoms with E-state index in [1.807, 2.05) is 19.9 Å². The molecule has 30 heavy (non-hydrogen) atoms. The lowest BCUT2D eigenvalue weighted by molar-refractivity contribution is -0.122. The smallest absolute Gasteiger partial charge is 0.221 e. The summed E-state index contributed by atoms with van der Waals surface area (Å²) in [4.78, 5) is 11.6. The zero-order chi connectivity index (χ0) is 22.5. The van der Waals surface area contributed by atoms with Gasteiger partial charge in [-0.2, -0.15) is 0 Å². The number of hydrogen-bond donors (Lipinski definition) is 1. The van der Waals surface area contributed by atoms with Crippen molar-refractivity contribution < 1.29 is 19.0 Å². The fourth-order valence-electron chi connectivity index (χ4n) is 3.47. The lowest BCUT2D eigenvalue weighted by atomic mass is 9.86. The lowest BCUT2D eigenvalue weighted by Crippen LogP contribution is -2.26. The molecule has 0 unspecified atom stereocenters. The summed E-state index contributed by atoms with van der Waals surface area (Å²) in [7, 11) is 3.35. The Morgan fingerprint density at radius 2 is 1.70 bits per heavy atom. The second-order valence-electron chi connectivity index (χ2n) is 8.58. The van der Waals surface area contributed by atoms with Gasteiger partial charge in [-0.15, -0.1) is 0 Å². The van der Waals surface area contributed by atoms with Crippen LogP contribution < -0.4 is 15.2 Å². The van der Waals surface area contributed by atoms with Gasteiger partial charge in [-0.3, -0.25) is 4.79 Å². The minimum absolute atomic E-state index is 0.0989. The molecule has 1 aromatic carbocycles. The number of carbonyl (C=O) groups is 1. The summed E-state index contributed by atoms with van der Waals surface area (Å²) in [6.07, 6.45) is 7.80. The number of ether oxygens (including phenoxy) is 3. The molecule has 2 atom stereocenters. The Morgan fingerprint density at radius 3 is 2.27 bits per heavy atom. The number of benzene rings is 1. The maximum Gasteiger partial charge on any atom is 0.221 e. The number of primary amides is 1. The van der Waals surface area contributed by atoms with Crippen molar-refractivity contribution in [2.75, 3.05) is 27.4 Å². The van der Waals surface area contributed by atoms with Crippen molar-refractivity contribution in [1.82, 2.24) is 0 Å². The molecule has 170 valence electrons. The molecular formula is C25H41NO4. The number of allylic oxidation sites excluding steroid dienone is 2. The van der Waals surface area contributed by atoms with Gasteiger partial charge in [0.15, 0.2) is 11.5 Å². The van der Waals surface area contributed by atoms with Gasteiger partial charge < -0.3 is 19.9 Å². The molecule has 1 rings (SSSR count). The number of nitrogens with two attached hydrogens (primary N) is 1. The van der Waals surface area contributed by atoms with Crippen LogP contribution in [0.25, 0.3) is 0 Å². The molecule has 0 spiro atoms. The molecule has 0 saturated carbocycles. The van der Waals surface area contributed by atoms with Crippen LogP contribution in [0.2, 0.25) is 0 Å². The van der Waals surface area contributed by atoms with Gasteiger partial charge in [-0.05, 0) is 54.7 Å². The summed E-state index contributed by atoms with van der Waals surface area (Å²) in [5.74, 6) is 2.52. The quantitative estimate of drug-likeness (QED) is 0.320. The predicted octanol–water partition coefficient (Wildman–Crippen LogP) is 5.02. The topological polar surface area (TPSA) is 70.8 Å². The molecule has 1 amide bonds. The highest BCUT2D eigenvalue weighted by Crippen LogP contribution is 2.31. The summed E-state index contributed by atoms with van der Waals surface area (Å²) < 4.78 is 16.4. The normalized spacial score (nSPS) is 13.7. The maximum absolute atomic E-state index is 11.6. The molecule has 0 aliphatic rings. The van der Waals surface area contributed by atoms with Gasteiger partial charge in [0.2, 0.25) is 5.91 Å². The van der Waals surface area contributed by atoms with Crippen LogP contribution in [0.4, 0.5) is 0 Å². The SMILES string of the molecule is COCCCOc1cc(C[C@@H](C/C=C/C[C@H](C(N)=O)C(C)C)C(C)C)ccc1OC. The van der Waals surface area contributed by atoms with E-state index in [-0.39, 0.29) is 17.7 Å². The Labute approximate surface area is 183 Å². The van der Waals surface area contributed by atoms with Crippen molar-refractivity contribution >= 4 is 5.91 Å². The predicted molar refractivity (Wildman–Crippen MR) is 123 cm³/mol.